The lowest BCUT2D eigenvalue weighted by Crippen LogP contribution is -2.44. The Morgan fingerprint density at radius 1 is 0.889 bits per heavy atom. The first-order valence-corrected chi connectivity index (χ1v) is 10.4. The highest BCUT2D eigenvalue weighted by molar-refractivity contribution is 5.92. The molecular formula is C24H30N2O. The van der Waals surface area contributed by atoms with E-state index >= 15 is 0 Å². The molecular weight excluding hydrogens is 332 g/mol. The molecule has 1 amide bonds. The smallest absolute Gasteiger partial charge is 0.232 e. The second kappa shape index (κ2) is 7.85. The topological polar surface area (TPSA) is 46.3 Å². The summed E-state index contributed by atoms with van der Waals surface area (Å²) >= 11 is 0. The molecule has 1 heterocycles. The van der Waals surface area contributed by atoms with Gasteiger partial charge in [-0.1, -0.05) is 55.0 Å². The molecule has 0 spiro atoms. The van der Waals surface area contributed by atoms with Gasteiger partial charge in [-0.05, 0) is 80.4 Å². The van der Waals surface area contributed by atoms with E-state index in [0.717, 1.165) is 43.4 Å². The number of piperidine rings is 1. The first kappa shape index (κ1) is 18.2. The van der Waals surface area contributed by atoms with Gasteiger partial charge in [0.1, 0.15) is 0 Å². The van der Waals surface area contributed by atoms with Gasteiger partial charge >= 0.3 is 0 Å². The minimum absolute atomic E-state index is 0.206. The van der Waals surface area contributed by atoms with Crippen LogP contribution in [-0.4, -0.2) is 30.4 Å². The number of carbonyl (C=O) groups is 1. The maximum atomic E-state index is 13.0. The Morgan fingerprint density at radius 3 is 2.00 bits per heavy atom. The molecule has 2 aliphatic rings. The molecule has 0 unspecified atom stereocenters. The number of nitrogens with two attached hydrogens (primary N) is 1. The average molecular weight is 363 g/mol. The van der Waals surface area contributed by atoms with Crippen LogP contribution in [0.15, 0.2) is 48.5 Å². The van der Waals surface area contributed by atoms with Crippen molar-refractivity contribution in [1.29, 1.82) is 0 Å². The summed E-state index contributed by atoms with van der Waals surface area (Å²) in [6, 6.07) is 16.9. The van der Waals surface area contributed by atoms with Crippen molar-refractivity contribution in [2.75, 3.05) is 19.6 Å². The van der Waals surface area contributed by atoms with E-state index in [4.69, 9.17) is 5.73 Å². The Hall–Kier alpha value is -2.13. The van der Waals surface area contributed by atoms with E-state index < -0.39 is 5.41 Å². The molecule has 142 valence electrons. The van der Waals surface area contributed by atoms with Gasteiger partial charge in [-0.3, -0.25) is 4.79 Å². The van der Waals surface area contributed by atoms with E-state index in [1.165, 1.54) is 43.5 Å². The van der Waals surface area contributed by atoms with Crippen LogP contribution in [0.2, 0.25) is 0 Å². The summed E-state index contributed by atoms with van der Waals surface area (Å²) in [5.41, 5.74) is 10.2. The molecule has 0 bridgehead atoms. The number of carbonyl (C=O) groups excluding carboxylic acids is 1. The monoisotopic (exact) mass is 362 g/mol. The van der Waals surface area contributed by atoms with Crippen LogP contribution in [-0.2, 0) is 23.1 Å². The molecule has 2 aromatic carbocycles. The van der Waals surface area contributed by atoms with Gasteiger partial charge in [0.2, 0.25) is 5.91 Å². The van der Waals surface area contributed by atoms with E-state index in [1.54, 1.807) is 0 Å². The van der Waals surface area contributed by atoms with Crippen LogP contribution in [0.1, 0.15) is 54.4 Å². The highest BCUT2D eigenvalue weighted by Gasteiger charge is 2.43. The van der Waals surface area contributed by atoms with E-state index in [2.05, 4.69) is 53.4 Å². The summed E-state index contributed by atoms with van der Waals surface area (Å²) < 4.78 is 0. The van der Waals surface area contributed by atoms with Crippen LogP contribution < -0.4 is 5.73 Å². The van der Waals surface area contributed by atoms with Gasteiger partial charge < -0.3 is 10.6 Å². The second-order valence-electron chi connectivity index (χ2n) is 8.09. The van der Waals surface area contributed by atoms with Gasteiger partial charge in [-0.2, -0.15) is 0 Å². The van der Waals surface area contributed by atoms with Crippen molar-refractivity contribution in [3.05, 3.63) is 70.8 Å². The molecule has 3 heteroatoms. The first-order valence-electron chi connectivity index (χ1n) is 10.4. The molecule has 1 aliphatic carbocycles. The summed E-state index contributed by atoms with van der Waals surface area (Å²) in [6.45, 7) is 3.44. The van der Waals surface area contributed by atoms with Crippen molar-refractivity contribution < 1.29 is 4.79 Å². The van der Waals surface area contributed by atoms with Crippen LogP contribution in [0.5, 0.6) is 0 Å². The predicted molar refractivity (Wildman–Crippen MR) is 110 cm³/mol. The molecule has 2 N–H and O–H groups in total. The van der Waals surface area contributed by atoms with E-state index in [0.29, 0.717) is 0 Å². The Kier molecular flexibility index (Phi) is 5.31. The molecule has 0 saturated carbocycles. The fourth-order valence-corrected chi connectivity index (χ4v) is 5.13. The number of fused-ring (bicyclic) bond motifs is 2. The molecule has 1 aliphatic heterocycles. The second-order valence-corrected chi connectivity index (χ2v) is 8.09. The summed E-state index contributed by atoms with van der Waals surface area (Å²) in [5, 5.41) is 0. The van der Waals surface area contributed by atoms with Crippen LogP contribution >= 0.6 is 0 Å². The van der Waals surface area contributed by atoms with Crippen molar-refractivity contribution in [3.63, 3.8) is 0 Å². The van der Waals surface area contributed by atoms with Crippen LogP contribution in [0.3, 0.4) is 0 Å². The number of aryl methyl sites for hydroxylation is 2. The first-order chi connectivity index (χ1) is 13.2. The largest absolute Gasteiger partial charge is 0.369 e. The summed E-state index contributed by atoms with van der Waals surface area (Å²) in [6.07, 6.45) is 7.66. The zero-order valence-corrected chi connectivity index (χ0v) is 16.1. The van der Waals surface area contributed by atoms with E-state index in [-0.39, 0.29) is 5.91 Å². The van der Waals surface area contributed by atoms with E-state index in [1.807, 2.05) is 0 Å². The van der Waals surface area contributed by atoms with Crippen molar-refractivity contribution in [1.82, 2.24) is 4.90 Å². The van der Waals surface area contributed by atoms with Gasteiger partial charge in [0, 0.05) is 0 Å². The third kappa shape index (κ3) is 3.41. The number of likely N-dealkylation sites (tertiary alicyclic amines) is 1. The quantitative estimate of drug-likeness (QED) is 0.879. The molecule has 4 rings (SSSR count). The standard InChI is InChI=1S/C24H30N2O/c25-23(27)24(15-8-18-26-16-6-1-7-17-26)21-11-4-2-9-19(21)13-14-20-10-3-5-12-22(20)24/h2-5,9-12H,1,6-8,13-18H2,(H2,25,27). The molecule has 27 heavy (non-hydrogen) atoms. The minimum atomic E-state index is -0.709. The minimum Gasteiger partial charge on any atom is -0.369 e. The van der Waals surface area contributed by atoms with Gasteiger partial charge in [0.05, 0.1) is 5.41 Å². The molecule has 1 saturated heterocycles. The zero-order valence-electron chi connectivity index (χ0n) is 16.1. The van der Waals surface area contributed by atoms with Gasteiger partial charge in [-0.25, -0.2) is 0 Å². The lowest BCUT2D eigenvalue weighted by molar-refractivity contribution is -0.122. The number of rotatable bonds is 5. The molecule has 3 nitrogen and oxygen atoms in total. The summed E-state index contributed by atoms with van der Waals surface area (Å²) in [7, 11) is 0. The number of primary amides is 1. The SMILES string of the molecule is NC(=O)C1(CCCN2CCCCC2)c2ccccc2CCc2ccccc21. The predicted octanol–water partition coefficient (Wildman–Crippen LogP) is 3.82. The van der Waals surface area contributed by atoms with Crippen LogP contribution in [0.4, 0.5) is 0 Å². The normalized spacial score (nSPS) is 19.0. The third-order valence-corrected chi connectivity index (χ3v) is 6.51. The number of amides is 1. The van der Waals surface area contributed by atoms with Crippen LogP contribution in [0.25, 0.3) is 0 Å². The highest BCUT2D eigenvalue weighted by atomic mass is 16.1. The molecule has 0 radical (unpaired) electrons. The van der Waals surface area contributed by atoms with Gasteiger partial charge in [0.15, 0.2) is 0 Å². The van der Waals surface area contributed by atoms with Crippen molar-refractivity contribution in [3.8, 4) is 0 Å². The number of nitrogens with zero attached hydrogens (tertiary/aromatic N) is 1. The van der Waals surface area contributed by atoms with Crippen molar-refractivity contribution in [2.24, 2.45) is 5.73 Å². The van der Waals surface area contributed by atoms with E-state index in [9.17, 15) is 4.79 Å². The Bertz CT molecular complexity index is 760. The Morgan fingerprint density at radius 2 is 1.44 bits per heavy atom. The number of hydrogen-bond donors (Lipinski definition) is 1. The number of benzene rings is 2. The fraction of sp³-hybridized carbons (Fsp3) is 0.458. The maximum absolute atomic E-state index is 13.0. The van der Waals surface area contributed by atoms with Crippen LogP contribution in [0, 0.1) is 0 Å². The maximum Gasteiger partial charge on any atom is 0.232 e. The van der Waals surface area contributed by atoms with Gasteiger partial charge in [0.25, 0.3) is 0 Å². The Balaban J connectivity index is 1.72. The Labute approximate surface area is 162 Å². The number of hydrogen-bond acceptors (Lipinski definition) is 2. The third-order valence-electron chi connectivity index (χ3n) is 6.51. The lowest BCUT2D eigenvalue weighted by Gasteiger charge is -2.35. The van der Waals surface area contributed by atoms with Crippen molar-refractivity contribution >= 4 is 5.91 Å². The average Bonchev–Trinajstić information content (AvgIpc) is 2.85. The summed E-state index contributed by atoms with van der Waals surface area (Å²) in [4.78, 5) is 15.6. The van der Waals surface area contributed by atoms with Crippen molar-refractivity contribution in [2.45, 2.75) is 50.4 Å². The molecule has 2 aromatic rings. The molecule has 1 fully saturated rings. The molecule has 0 atom stereocenters. The summed E-state index contributed by atoms with van der Waals surface area (Å²) in [5.74, 6) is -0.206. The molecule has 0 aromatic heterocycles. The highest BCUT2D eigenvalue weighted by Crippen LogP contribution is 2.43. The van der Waals surface area contributed by atoms with Gasteiger partial charge in [-0.15, -0.1) is 0 Å². The zero-order chi connectivity index (χ0) is 18.7. The lowest BCUT2D eigenvalue weighted by atomic mass is 9.69. The fourth-order valence-electron chi connectivity index (χ4n) is 5.13.